The first kappa shape index (κ1) is 29.6. The lowest BCUT2D eigenvalue weighted by molar-refractivity contribution is -0.121. The lowest BCUT2D eigenvalue weighted by Crippen LogP contribution is -2.42. The molecule has 0 aliphatic rings. The van der Waals surface area contributed by atoms with Gasteiger partial charge in [0.1, 0.15) is 5.60 Å². The fraction of sp³-hybridized carbons (Fsp3) is 0.393. The molecule has 208 valence electrons. The predicted molar refractivity (Wildman–Crippen MR) is 154 cm³/mol. The van der Waals surface area contributed by atoms with Crippen LogP contribution in [0.15, 0.2) is 54.6 Å². The number of nitrogens with zero attached hydrogens (tertiary/aromatic N) is 1. The summed E-state index contributed by atoms with van der Waals surface area (Å²) in [4.78, 5) is 42.3. The molecule has 0 unspecified atom stereocenters. The number of para-hydroxylation sites is 2. The normalized spacial score (nSPS) is 11.9. The number of hydrogen-bond donors (Lipinski definition) is 5. The second kappa shape index (κ2) is 14.2. The summed E-state index contributed by atoms with van der Waals surface area (Å²) < 4.78 is 6.10. The summed E-state index contributed by atoms with van der Waals surface area (Å²) >= 11 is 1.30. The summed E-state index contributed by atoms with van der Waals surface area (Å²) in [7, 11) is 0. The SMILES string of the molecule is CC(C)(C)OC(=O)NCCCC(=O)N[C@@H](CCCNC(=N)Nc1ccccc1)C(=O)c1nc2ccccc2s1. The second-order valence-electron chi connectivity index (χ2n) is 9.94. The Balaban J connectivity index is 1.53. The number of aromatic nitrogens is 1. The predicted octanol–water partition coefficient (Wildman–Crippen LogP) is 4.69. The molecular formula is C28H36N6O4S. The number of carbonyl (C=O) groups is 3. The number of rotatable bonds is 12. The van der Waals surface area contributed by atoms with Gasteiger partial charge in [0.05, 0.1) is 16.3 Å². The minimum absolute atomic E-state index is 0.142. The van der Waals surface area contributed by atoms with Crippen molar-refractivity contribution in [3.8, 4) is 0 Å². The lowest BCUT2D eigenvalue weighted by atomic mass is 10.1. The number of ether oxygens (including phenoxy) is 1. The molecule has 0 saturated heterocycles. The van der Waals surface area contributed by atoms with Crippen LogP contribution in [0.4, 0.5) is 10.5 Å². The van der Waals surface area contributed by atoms with Gasteiger partial charge in [0, 0.05) is 25.2 Å². The van der Waals surface area contributed by atoms with Crippen LogP contribution in [-0.4, -0.2) is 53.5 Å². The molecular weight excluding hydrogens is 516 g/mol. The van der Waals surface area contributed by atoms with E-state index >= 15 is 0 Å². The molecule has 0 saturated carbocycles. The van der Waals surface area contributed by atoms with Crippen molar-refractivity contribution in [2.45, 2.75) is 58.1 Å². The molecule has 0 aliphatic carbocycles. The first-order valence-electron chi connectivity index (χ1n) is 12.9. The quantitative estimate of drug-likeness (QED) is 0.0949. The maximum Gasteiger partial charge on any atom is 0.407 e. The molecule has 1 heterocycles. The standard InChI is InChI=1S/C28H36N6O4S/c1-28(2,3)38-27(37)31-18-10-16-23(35)33-21(24(36)25-34-20-13-7-8-15-22(20)39-25)14-9-17-30-26(29)32-19-11-5-4-6-12-19/h4-8,11-13,15,21H,9-10,14,16-18H2,1-3H3,(H,31,37)(H,33,35)(H3,29,30,32)/t21-/m0/s1. The van der Waals surface area contributed by atoms with E-state index in [1.165, 1.54) is 11.3 Å². The van der Waals surface area contributed by atoms with Gasteiger partial charge < -0.3 is 26.0 Å². The maximum absolute atomic E-state index is 13.4. The van der Waals surface area contributed by atoms with E-state index in [1.54, 1.807) is 20.8 Å². The molecule has 2 aromatic carbocycles. The van der Waals surface area contributed by atoms with Crippen LogP contribution >= 0.6 is 11.3 Å². The molecule has 3 aromatic rings. The molecule has 0 spiro atoms. The number of benzene rings is 2. The smallest absolute Gasteiger partial charge is 0.407 e. The number of hydrogen-bond acceptors (Lipinski definition) is 7. The Labute approximate surface area is 232 Å². The van der Waals surface area contributed by atoms with Crippen LogP contribution in [0, 0.1) is 5.41 Å². The molecule has 3 rings (SSSR count). The highest BCUT2D eigenvalue weighted by molar-refractivity contribution is 7.20. The van der Waals surface area contributed by atoms with Crippen LogP contribution in [0.5, 0.6) is 0 Å². The van der Waals surface area contributed by atoms with E-state index in [2.05, 4.69) is 26.3 Å². The van der Waals surface area contributed by atoms with E-state index < -0.39 is 17.7 Å². The Morgan fingerprint density at radius 2 is 1.67 bits per heavy atom. The van der Waals surface area contributed by atoms with Gasteiger partial charge in [-0.05, 0) is 64.3 Å². The number of amides is 2. The summed E-state index contributed by atoms with van der Waals surface area (Å²) in [5.74, 6) is -0.377. The van der Waals surface area contributed by atoms with Gasteiger partial charge >= 0.3 is 6.09 Å². The third-order valence-electron chi connectivity index (χ3n) is 5.42. The average molecular weight is 553 g/mol. The number of alkyl carbamates (subject to hydrolysis) is 1. The first-order valence-corrected chi connectivity index (χ1v) is 13.7. The highest BCUT2D eigenvalue weighted by Gasteiger charge is 2.25. The second-order valence-corrected chi connectivity index (χ2v) is 11.0. The summed E-state index contributed by atoms with van der Waals surface area (Å²) in [5, 5.41) is 19.9. The number of thiazole rings is 1. The van der Waals surface area contributed by atoms with Gasteiger partial charge in [-0.2, -0.15) is 0 Å². The van der Waals surface area contributed by atoms with Crippen LogP contribution in [0.2, 0.25) is 0 Å². The van der Waals surface area contributed by atoms with Crippen LogP contribution in [0.25, 0.3) is 10.2 Å². The zero-order chi connectivity index (χ0) is 28.3. The van der Waals surface area contributed by atoms with Gasteiger partial charge in [0.25, 0.3) is 0 Å². The number of guanidine groups is 1. The molecule has 11 heteroatoms. The van der Waals surface area contributed by atoms with Crippen molar-refractivity contribution in [2.24, 2.45) is 0 Å². The lowest BCUT2D eigenvalue weighted by Gasteiger charge is -2.20. The molecule has 0 radical (unpaired) electrons. The van der Waals surface area contributed by atoms with Crippen LogP contribution in [0.3, 0.4) is 0 Å². The van der Waals surface area contributed by atoms with Crippen molar-refractivity contribution in [1.29, 1.82) is 5.41 Å². The Kier molecular flexibility index (Phi) is 10.8. The van der Waals surface area contributed by atoms with E-state index in [1.807, 2.05) is 54.6 Å². The third kappa shape index (κ3) is 10.4. The molecule has 5 N–H and O–H groups in total. The van der Waals surface area contributed by atoms with Crippen molar-refractivity contribution in [1.82, 2.24) is 20.9 Å². The van der Waals surface area contributed by atoms with Gasteiger partial charge in [0.15, 0.2) is 11.0 Å². The Bertz CT molecular complexity index is 1240. The molecule has 0 fully saturated rings. The van der Waals surface area contributed by atoms with E-state index in [4.69, 9.17) is 10.1 Å². The monoisotopic (exact) mass is 552 g/mol. The molecule has 2 amide bonds. The number of ketones is 1. The molecule has 1 aromatic heterocycles. The number of carbonyl (C=O) groups excluding carboxylic acids is 3. The first-order chi connectivity index (χ1) is 18.6. The van der Waals surface area contributed by atoms with Crippen molar-refractivity contribution >= 4 is 51.0 Å². The minimum Gasteiger partial charge on any atom is -0.444 e. The third-order valence-corrected chi connectivity index (χ3v) is 6.47. The summed E-state index contributed by atoms with van der Waals surface area (Å²) in [6.45, 7) is 6.06. The summed E-state index contributed by atoms with van der Waals surface area (Å²) in [6.07, 6.45) is 0.926. The largest absolute Gasteiger partial charge is 0.444 e. The van der Waals surface area contributed by atoms with Gasteiger partial charge in [0.2, 0.25) is 11.7 Å². The van der Waals surface area contributed by atoms with E-state index in [0.717, 1.165) is 15.9 Å². The van der Waals surface area contributed by atoms with Crippen LogP contribution < -0.4 is 21.3 Å². The Morgan fingerprint density at radius 1 is 0.974 bits per heavy atom. The molecule has 10 nitrogen and oxygen atoms in total. The topological polar surface area (TPSA) is 145 Å². The zero-order valence-electron chi connectivity index (χ0n) is 22.5. The highest BCUT2D eigenvalue weighted by atomic mass is 32.1. The maximum atomic E-state index is 13.4. The molecule has 1 atom stereocenters. The number of Topliss-reactive ketones (excluding diaryl/α,β-unsaturated/α-hetero) is 1. The zero-order valence-corrected chi connectivity index (χ0v) is 23.3. The molecule has 39 heavy (non-hydrogen) atoms. The van der Waals surface area contributed by atoms with Crippen molar-refractivity contribution in [3.05, 3.63) is 59.6 Å². The fourth-order valence-electron chi connectivity index (χ4n) is 3.65. The van der Waals surface area contributed by atoms with Crippen LogP contribution in [0.1, 0.15) is 56.3 Å². The van der Waals surface area contributed by atoms with Gasteiger partial charge in [-0.3, -0.25) is 15.0 Å². The molecule has 0 bridgehead atoms. The number of anilines is 1. The van der Waals surface area contributed by atoms with Crippen LogP contribution in [-0.2, 0) is 9.53 Å². The van der Waals surface area contributed by atoms with Crippen molar-refractivity contribution in [3.63, 3.8) is 0 Å². The van der Waals surface area contributed by atoms with E-state index in [0.29, 0.717) is 30.8 Å². The summed E-state index contributed by atoms with van der Waals surface area (Å²) in [6, 6.07) is 16.1. The van der Waals surface area contributed by atoms with Gasteiger partial charge in [-0.1, -0.05) is 30.3 Å². The van der Waals surface area contributed by atoms with Crippen molar-refractivity contribution < 1.29 is 19.1 Å². The van der Waals surface area contributed by atoms with Crippen molar-refractivity contribution in [2.75, 3.05) is 18.4 Å². The molecule has 0 aliphatic heterocycles. The van der Waals surface area contributed by atoms with E-state index in [9.17, 15) is 14.4 Å². The highest BCUT2D eigenvalue weighted by Crippen LogP contribution is 2.23. The Morgan fingerprint density at radius 3 is 2.38 bits per heavy atom. The summed E-state index contributed by atoms with van der Waals surface area (Å²) in [5.41, 5.74) is 0.944. The number of fused-ring (bicyclic) bond motifs is 1. The number of nitrogens with one attached hydrogen (secondary N) is 5. The van der Waals surface area contributed by atoms with Gasteiger partial charge in [-0.25, -0.2) is 9.78 Å². The average Bonchev–Trinajstić information content (AvgIpc) is 3.32. The Hall–Kier alpha value is -3.99. The van der Waals surface area contributed by atoms with E-state index in [-0.39, 0.29) is 30.6 Å². The fourth-order valence-corrected chi connectivity index (χ4v) is 4.61. The minimum atomic E-state index is -0.755. The van der Waals surface area contributed by atoms with Gasteiger partial charge in [-0.15, -0.1) is 11.3 Å².